The normalized spacial score (nSPS) is 28.3. The molecule has 1 N–H and O–H groups in total. The molecule has 4 rings (SSSR count). The summed E-state index contributed by atoms with van der Waals surface area (Å²) in [6.45, 7) is 2.88. The van der Waals surface area contributed by atoms with E-state index in [9.17, 15) is 18.5 Å². The SMILES string of the molecule is O=[N+]([O-])c1ccccc1S(=O)(=O)N1CC2CCC(C1)N2C1CCNCC1. The maximum absolute atomic E-state index is 13.1. The van der Waals surface area contributed by atoms with E-state index in [4.69, 9.17) is 0 Å². The van der Waals surface area contributed by atoms with E-state index in [1.54, 1.807) is 6.07 Å². The smallest absolute Gasteiger partial charge is 0.289 e. The number of para-hydroxylation sites is 1. The van der Waals surface area contributed by atoms with Crippen molar-refractivity contribution in [3.63, 3.8) is 0 Å². The first-order valence-corrected chi connectivity index (χ1v) is 10.6. The number of nitro benzene ring substituents is 1. The first kappa shape index (κ1) is 17.8. The van der Waals surface area contributed by atoms with Gasteiger partial charge in [-0.25, -0.2) is 8.42 Å². The van der Waals surface area contributed by atoms with E-state index in [0.29, 0.717) is 19.1 Å². The molecule has 0 aliphatic carbocycles. The quantitative estimate of drug-likeness (QED) is 0.623. The van der Waals surface area contributed by atoms with E-state index in [1.165, 1.54) is 22.5 Å². The molecule has 0 amide bonds. The van der Waals surface area contributed by atoms with Crippen LogP contribution < -0.4 is 5.32 Å². The molecule has 3 aliphatic heterocycles. The molecule has 9 heteroatoms. The zero-order chi connectivity index (χ0) is 18.3. The molecule has 1 aromatic rings. The summed E-state index contributed by atoms with van der Waals surface area (Å²) in [7, 11) is -3.87. The number of piperidine rings is 1. The van der Waals surface area contributed by atoms with Crippen molar-refractivity contribution in [2.24, 2.45) is 0 Å². The topological polar surface area (TPSA) is 95.8 Å². The van der Waals surface area contributed by atoms with E-state index in [2.05, 4.69) is 10.2 Å². The molecule has 8 nitrogen and oxygen atoms in total. The molecule has 3 fully saturated rings. The third-order valence-corrected chi connectivity index (χ3v) is 7.79. The molecule has 3 saturated heterocycles. The number of hydrogen-bond acceptors (Lipinski definition) is 6. The minimum atomic E-state index is -3.87. The third kappa shape index (κ3) is 3.02. The van der Waals surface area contributed by atoms with E-state index >= 15 is 0 Å². The molecule has 2 atom stereocenters. The number of benzene rings is 1. The molecular formula is C17H24N4O4S. The van der Waals surface area contributed by atoms with Crippen molar-refractivity contribution < 1.29 is 13.3 Å². The molecular weight excluding hydrogens is 356 g/mol. The number of piperazine rings is 1. The van der Waals surface area contributed by atoms with Gasteiger partial charge in [-0.2, -0.15) is 4.31 Å². The van der Waals surface area contributed by atoms with Crippen LogP contribution in [-0.4, -0.2) is 66.9 Å². The minimum absolute atomic E-state index is 0.195. The lowest BCUT2D eigenvalue weighted by atomic mass is 10.0. The summed E-state index contributed by atoms with van der Waals surface area (Å²) in [6, 6.07) is 6.59. The molecule has 26 heavy (non-hydrogen) atoms. The number of nitrogens with one attached hydrogen (secondary N) is 1. The Balaban J connectivity index is 1.58. The zero-order valence-corrected chi connectivity index (χ0v) is 15.4. The van der Waals surface area contributed by atoms with Crippen LogP contribution in [0.3, 0.4) is 0 Å². The second-order valence-corrected chi connectivity index (χ2v) is 9.27. The van der Waals surface area contributed by atoms with Crippen molar-refractivity contribution in [1.29, 1.82) is 0 Å². The summed E-state index contributed by atoms with van der Waals surface area (Å²) in [4.78, 5) is 13.0. The first-order chi connectivity index (χ1) is 12.5. The molecule has 0 saturated carbocycles. The van der Waals surface area contributed by atoms with Crippen LogP contribution in [0.2, 0.25) is 0 Å². The minimum Gasteiger partial charge on any atom is -0.317 e. The fourth-order valence-corrected chi connectivity index (χ4v) is 6.43. The largest absolute Gasteiger partial charge is 0.317 e. The molecule has 3 heterocycles. The highest BCUT2D eigenvalue weighted by molar-refractivity contribution is 7.89. The number of sulfonamides is 1. The number of fused-ring (bicyclic) bond motifs is 2. The number of nitrogens with zero attached hydrogens (tertiary/aromatic N) is 3. The molecule has 142 valence electrons. The maximum Gasteiger partial charge on any atom is 0.289 e. The van der Waals surface area contributed by atoms with Crippen LogP contribution in [0.25, 0.3) is 0 Å². The van der Waals surface area contributed by atoms with Crippen LogP contribution in [0.15, 0.2) is 29.2 Å². The molecule has 2 bridgehead atoms. The van der Waals surface area contributed by atoms with E-state index in [0.717, 1.165) is 38.8 Å². The number of rotatable bonds is 4. The lowest BCUT2D eigenvalue weighted by Gasteiger charge is -2.45. The maximum atomic E-state index is 13.1. The Morgan fingerprint density at radius 1 is 1.00 bits per heavy atom. The number of hydrogen-bond donors (Lipinski definition) is 1. The van der Waals surface area contributed by atoms with Gasteiger partial charge in [0.25, 0.3) is 5.69 Å². The molecule has 0 aromatic heterocycles. The van der Waals surface area contributed by atoms with Gasteiger partial charge >= 0.3 is 0 Å². The summed E-state index contributed by atoms with van der Waals surface area (Å²) in [6.07, 6.45) is 4.20. The van der Waals surface area contributed by atoms with Gasteiger partial charge in [0.15, 0.2) is 4.90 Å². The van der Waals surface area contributed by atoms with Crippen LogP contribution >= 0.6 is 0 Å². The van der Waals surface area contributed by atoms with Crippen molar-refractivity contribution in [1.82, 2.24) is 14.5 Å². The second kappa shape index (κ2) is 6.88. The van der Waals surface area contributed by atoms with Crippen LogP contribution in [0, 0.1) is 10.1 Å². The van der Waals surface area contributed by atoms with Crippen LogP contribution in [0.5, 0.6) is 0 Å². The summed E-state index contributed by atoms with van der Waals surface area (Å²) >= 11 is 0. The Labute approximate surface area is 153 Å². The summed E-state index contributed by atoms with van der Waals surface area (Å²) in [5.74, 6) is 0. The van der Waals surface area contributed by atoms with E-state index in [-0.39, 0.29) is 22.7 Å². The van der Waals surface area contributed by atoms with Crippen molar-refractivity contribution >= 4 is 15.7 Å². The van der Waals surface area contributed by atoms with Crippen molar-refractivity contribution in [2.45, 2.75) is 48.7 Å². The Kier molecular flexibility index (Phi) is 4.72. The monoisotopic (exact) mass is 380 g/mol. The molecule has 3 aliphatic rings. The molecule has 0 radical (unpaired) electrons. The standard InChI is InChI=1S/C17H24N4O4S/c22-21(23)16-3-1-2-4-17(16)26(24,25)19-11-14-5-6-15(12-19)20(14)13-7-9-18-10-8-13/h1-4,13-15,18H,5-12H2. The van der Waals surface area contributed by atoms with Crippen molar-refractivity contribution in [3.8, 4) is 0 Å². The number of nitro groups is 1. The Morgan fingerprint density at radius 2 is 1.62 bits per heavy atom. The highest BCUT2D eigenvalue weighted by atomic mass is 32.2. The van der Waals surface area contributed by atoms with Crippen molar-refractivity contribution in [2.75, 3.05) is 26.2 Å². The summed E-state index contributed by atoms with van der Waals surface area (Å²) in [5.41, 5.74) is -0.347. The lowest BCUT2D eigenvalue weighted by Crippen LogP contribution is -2.59. The first-order valence-electron chi connectivity index (χ1n) is 9.20. The van der Waals surface area contributed by atoms with E-state index in [1.807, 2.05) is 0 Å². The van der Waals surface area contributed by atoms with Gasteiger partial charge < -0.3 is 5.32 Å². The van der Waals surface area contributed by atoms with Gasteiger partial charge in [0.1, 0.15) is 0 Å². The van der Waals surface area contributed by atoms with E-state index < -0.39 is 14.9 Å². The fraction of sp³-hybridized carbons (Fsp3) is 0.647. The van der Waals surface area contributed by atoms with Crippen LogP contribution in [0.4, 0.5) is 5.69 Å². The summed E-state index contributed by atoms with van der Waals surface area (Å²) in [5, 5.41) is 14.6. The van der Waals surface area contributed by atoms with Gasteiger partial charge in [-0.3, -0.25) is 15.0 Å². The average Bonchev–Trinajstić information content (AvgIpc) is 2.91. The van der Waals surface area contributed by atoms with Gasteiger partial charge in [-0.15, -0.1) is 0 Å². The van der Waals surface area contributed by atoms with Gasteiger partial charge in [-0.1, -0.05) is 12.1 Å². The fourth-order valence-electron chi connectivity index (χ4n) is 4.76. The average molecular weight is 380 g/mol. The third-order valence-electron chi connectivity index (χ3n) is 5.92. The summed E-state index contributed by atoms with van der Waals surface area (Å²) < 4.78 is 27.7. The van der Waals surface area contributed by atoms with Crippen molar-refractivity contribution in [3.05, 3.63) is 34.4 Å². The van der Waals surface area contributed by atoms with Crippen LogP contribution in [0.1, 0.15) is 25.7 Å². The van der Waals surface area contributed by atoms with Gasteiger partial charge in [0.05, 0.1) is 4.92 Å². The van der Waals surface area contributed by atoms with Gasteiger partial charge in [0.2, 0.25) is 10.0 Å². The molecule has 0 spiro atoms. The predicted molar refractivity (Wildman–Crippen MR) is 96.4 cm³/mol. The Bertz CT molecular complexity index is 780. The Morgan fingerprint density at radius 3 is 2.23 bits per heavy atom. The zero-order valence-electron chi connectivity index (χ0n) is 14.6. The Hall–Kier alpha value is -1.55. The van der Waals surface area contributed by atoms with Gasteiger partial charge in [0, 0.05) is 37.3 Å². The molecule has 2 unspecified atom stereocenters. The highest BCUT2D eigenvalue weighted by Crippen LogP contribution is 2.37. The second-order valence-electron chi connectivity index (χ2n) is 7.36. The predicted octanol–water partition coefficient (Wildman–Crippen LogP) is 1.18. The van der Waals surface area contributed by atoms with Crippen LogP contribution in [-0.2, 0) is 10.0 Å². The highest BCUT2D eigenvalue weighted by Gasteiger charge is 2.47. The lowest BCUT2D eigenvalue weighted by molar-refractivity contribution is -0.387. The molecule has 1 aromatic carbocycles. The van der Waals surface area contributed by atoms with Gasteiger partial charge in [-0.05, 0) is 44.8 Å².